The van der Waals surface area contributed by atoms with Gasteiger partial charge in [0.2, 0.25) is 0 Å². The van der Waals surface area contributed by atoms with E-state index in [9.17, 15) is 9.59 Å². The number of rotatable bonds is 3. The quantitative estimate of drug-likeness (QED) is 0.747. The fourth-order valence-corrected chi connectivity index (χ4v) is 4.14. The second kappa shape index (κ2) is 8.21. The second-order valence-electron chi connectivity index (χ2n) is 7.18. The first-order valence-electron chi connectivity index (χ1n) is 9.43. The van der Waals surface area contributed by atoms with E-state index in [-0.39, 0.29) is 17.8 Å². The lowest BCUT2D eigenvalue weighted by atomic mass is 10.1. The molecule has 26 heavy (non-hydrogen) atoms. The van der Waals surface area contributed by atoms with E-state index >= 15 is 0 Å². The van der Waals surface area contributed by atoms with Gasteiger partial charge in [0.15, 0.2) is 11.6 Å². The predicted molar refractivity (Wildman–Crippen MR) is 88.2 cm³/mol. The molecule has 2 heterocycles. The van der Waals surface area contributed by atoms with Crippen molar-refractivity contribution in [1.82, 2.24) is 0 Å². The third-order valence-corrected chi connectivity index (χ3v) is 5.46. The van der Waals surface area contributed by atoms with Gasteiger partial charge in [0, 0.05) is 25.7 Å². The number of hydrogen-bond donors (Lipinski definition) is 1. The van der Waals surface area contributed by atoms with Crippen molar-refractivity contribution in [2.75, 3.05) is 33.0 Å². The Morgan fingerprint density at radius 2 is 1.38 bits per heavy atom. The van der Waals surface area contributed by atoms with E-state index in [0.29, 0.717) is 52.3 Å². The van der Waals surface area contributed by atoms with Gasteiger partial charge in [0.1, 0.15) is 0 Å². The molecule has 8 heteroatoms. The van der Waals surface area contributed by atoms with Crippen LogP contribution in [0, 0.1) is 11.8 Å². The Balaban J connectivity index is 0.000000152. The van der Waals surface area contributed by atoms with Crippen LogP contribution in [-0.4, -0.2) is 61.7 Å². The van der Waals surface area contributed by atoms with Crippen LogP contribution in [0.5, 0.6) is 0 Å². The van der Waals surface area contributed by atoms with Crippen molar-refractivity contribution < 1.29 is 38.4 Å². The smallest absolute Gasteiger partial charge is 0.309 e. The van der Waals surface area contributed by atoms with Crippen LogP contribution in [0.1, 0.15) is 45.4 Å². The SMILES string of the molecule is CCOC(=O)C1CCC2(C1)OCCO2.O=C(O)C1CCC2(C1)OCCO2. The number of carbonyl (C=O) groups is 2. The number of carbonyl (C=O) groups excluding carboxylic acids is 1. The Morgan fingerprint density at radius 3 is 1.81 bits per heavy atom. The van der Waals surface area contributed by atoms with E-state index in [1.165, 1.54) is 0 Å². The molecule has 8 nitrogen and oxygen atoms in total. The molecule has 0 amide bonds. The Bertz CT molecular complexity index is 507. The first kappa shape index (κ1) is 19.5. The minimum Gasteiger partial charge on any atom is -0.481 e. The maximum Gasteiger partial charge on any atom is 0.309 e. The zero-order valence-electron chi connectivity index (χ0n) is 15.2. The molecule has 4 rings (SSSR count). The Morgan fingerprint density at radius 1 is 0.923 bits per heavy atom. The molecular weight excluding hydrogens is 344 g/mol. The molecule has 0 aromatic heterocycles. The molecule has 4 aliphatic rings. The highest BCUT2D eigenvalue weighted by Crippen LogP contribution is 2.41. The van der Waals surface area contributed by atoms with Crippen molar-refractivity contribution in [3.05, 3.63) is 0 Å². The zero-order valence-corrected chi connectivity index (χ0v) is 15.2. The molecule has 1 N–H and O–H groups in total. The van der Waals surface area contributed by atoms with Gasteiger partial charge in [-0.3, -0.25) is 9.59 Å². The first-order valence-corrected chi connectivity index (χ1v) is 9.43. The minimum absolute atomic E-state index is 0.0342. The standard InChI is InChI=1S/C10H16O4.C8H12O4/c1-2-12-9(11)8-3-4-10(7-8)13-5-6-14-10;9-7(10)6-1-2-8(5-6)11-3-4-12-8/h8H,2-7H2,1H3;6H,1-5H2,(H,9,10). The molecular formula is C18H28O8. The summed E-state index contributed by atoms with van der Waals surface area (Å²) in [6.07, 6.45) is 4.21. The van der Waals surface area contributed by atoms with Gasteiger partial charge in [-0.15, -0.1) is 0 Å². The highest BCUT2D eigenvalue weighted by molar-refractivity contribution is 5.73. The molecule has 0 aromatic rings. The van der Waals surface area contributed by atoms with Crippen LogP contribution in [0.3, 0.4) is 0 Å². The summed E-state index contributed by atoms with van der Waals surface area (Å²) in [7, 11) is 0. The van der Waals surface area contributed by atoms with Gasteiger partial charge in [-0.05, 0) is 19.8 Å². The molecule has 0 radical (unpaired) electrons. The molecule has 148 valence electrons. The largest absolute Gasteiger partial charge is 0.481 e. The van der Waals surface area contributed by atoms with Gasteiger partial charge in [-0.25, -0.2) is 0 Å². The number of carboxylic acids is 1. The van der Waals surface area contributed by atoms with Crippen LogP contribution in [-0.2, 0) is 33.3 Å². The zero-order chi connectivity index (χ0) is 18.6. The van der Waals surface area contributed by atoms with Crippen molar-refractivity contribution in [3.8, 4) is 0 Å². The van der Waals surface area contributed by atoms with Crippen LogP contribution < -0.4 is 0 Å². The molecule has 2 aliphatic carbocycles. The van der Waals surface area contributed by atoms with Crippen LogP contribution in [0.2, 0.25) is 0 Å². The molecule has 2 saturated carbocycles. The van der Waals surface area contributed by atoms with E-state index in [2.05, 4.69) is 0 Å². The van der Waals surface area contributed by atoms with E-state index in [1.54, 1.807) is 0 Å². The van der Waals surface area contributed by atoms with E-state index in [1.807, 2.05) is 6.92 Å². The third kappa shape index (κ3) is 4.36. The fourth-order valence-electron chi connectivity index (χ4n) is 4.14. The summed E-state index contributed by atoms with van der Waals surface area (Å²) in [5.41, 5.74) is 0. The van der Waals surface area contributed by atoms with E-state index in [4.69, 9.17) is 28.8 Å². The molecule has 2 saturated heterocycles. The monoisotopic (exact) mass is 372 g/mol. The summed E-state index contributed by atoms with van der Waals surface area (Å²) >= 11 is 0. The molecule has 2 spiro atoms. The molecule has 0 aromatic carbocycles. The normalized spacial score (nSPS) is 31.1. The van der Waals surface area contributed by atoms with Gasteiger partial charge >= 0.3 is 11.9 Å². The lowest BCUT2D eigenvalue weighted by molar-refractivity contribution is -0.162. The third-order valence-electron chi connectivity index (χ3n) is 5.46. The highest BCUT2D eigenvalue weighted by atomic mass is 16.7. The summed E-state index contributed by atoms with van der Waals surface area (Å²) < 4.78 is 26.8. The number of carboxylic acid groups (broad SMARTS) is 1. The van der Waals surface area contributed by atoms with Crippen LogP contribution in [0.25, 0.3) is 0 Å². The second-order valence-corrected chi connectivity index (χ2v) is 7.18. The molecule has 2 atom stereocenters. The summed E-state index contributed by atoms with van der Waals surface area (Å²) in [4.78, 5) is 22.1. The Hall–Kier alpha value is -1.22. The predicted octanol–water partition coefficient (Wildman–Crippen LogP) is 1.71. The first-order chi connectivity index (χ1) is 12.5. The molecule has 0 bridgehead atoms. The van der Waals surface area contributed by atoms with Crippen LogP contribution in [0.15, 0.2) is 0 Å². The summed E-state index contributed by atoms with van der Waals surface area (Å²) in [5, 5.41) is 8.75. The van der Waals surface area contributed by atoms with Gasteiger partial charge in [-0.2, -0.15) is 0 Å². The van der Waals surface area contributed by atoms with Gasteiger partial charge in [0.05, 0.1) is 44.9 Å². The van der Waals surface area contributed by atoms with Crippen molar-refractivity contribution >= 4 is 11.9 Å². The van der Waals surface area contributed by atoms with E-state index in [0.717, 1.165) is 19.3 Å². The van der Waals surface area contributed by atoms with Gasteiger partial charge in [0.25, 0.3) is 0 Å². The maximum atomic E-state index is 11.5. The fraction of sp³-hybridized carbons (Fsp3) is 0.889. The highest BCUT2D eigenvalue weighted by Gasteiger charge is 2.47. The summed E-state index contributed by atoms with van der Waals surface area (Å²) in [6, 6.07) is 0. The van der Waals surface area contributed by atoms with Crippen LogP contribution in [0.4, 0.5) is 0 Å². The van der Waals surface area contributed by atoms with Gasteiger partial charge < -0.3 is 28.8 Å². The number of ether oxygens (including phenoxy) is 5. The average Bonchev–Trinajstić information content (AvgIpc) is 3.41. The van der Waals surface area contributed by atoms with Crippen molar-refractivity contribution in [1.29, 1.82) is 0 Å². The van der Waals surface area contributed by atoms with Crippen molar-refractivity contribution in [3.63, 3.8) is 0 Å². The Kier molecular flexibility index (Phi) is 6.17. The minimum atomic E-state index is -0.731. The number of esters is 1. The van der Waals surface area contributed by atoms with E-state index < -0.39 is 17.5 Å². The molecule has 2 unspecified atom stereocenters. The van der Waals surface area contributed by atoms with Gasteiger partial charge in [-0.1, -0.05) is 0 Å². The van der Waals surface area contributed by atoms with Crippen LogP contribution >= 0.6 is 0 Å². The maximum absolute atomic E-state index is 11.5. The topological polar surface area (TPSA) is 101 Å². The lowest BCUT2D eigenvalue weighted by Gasteiger charge is -2.20. The Labute approximate surface area is 153 Å². The average molecular weight is 372 g/mol. The summed E-state index contributed by atoms with van der Waals surface area (Å²) in [6.45, 7) is 4.78. The number of hydrogen-bond acceptors (Lipinski definition) is 7. The molecule has 2 aliphatic heterocycles. The van der Waals surface area contributed by atoms with Crippen molar-refractivity contribution in [2.24, 2.45) is 11.8 Å². The lowest BCUT2D eigenvalue weighted by Crippen LogP contribution is -2.27. The molecule has 4 fully saturated rings. The number of aliphatic carboxylic acids is 1. The summed E-state index contributed by atoms with van der Waals surface area (Å²) in [5.74, 6) is -2.15. The van der Waals surface area contributed by atoms with Crippen molar-refractivity contribution in [2.45, 2.75) is 57.0 Å².